The monoisotopic (exact) mass is 241 g/mol. The zero-order valence-corrected chi connectivity index (χ0v) is 10.3. The second-order valence-corrected chi connectivity index (χ2v) is 5.28. The van der Waals surface area contributed by atoms with Crippen LogP contribution in [0.3, 0.4) is 0 Å². The first-order chi connectivity index (χ1) is 8.74. The van der Waals surface area contributed by atoms with Gasteiger partial charge in [-0.15, -0.1) is 0 Å². The Morgan fingerprint density at radius 1 is 1.28 bits per heavy atom. The lowest BCUT2D eigenvalue weighted by molar-refractivity contribution is -0.123. The molecule has 1 atom stereocenters. The molecule has 92 valence electrons. The first kappa shape index (κ1) is 10.1. The molecule has 4 heteroatoms. The topological polar surface area (TPSA) is 37.3 Å². The van der Waals surface area contributed by atoms with Gasteiger partial charge in [-0.25, -0.2) is 0 Å². The molecule has 0 bridgehead atoms. The van der Waals surface area contributed by atoms with E-state index in [1.807, 2.05) is 6.07 Å². The van der Waals surface area contributed by atoms with Gasteiger partial charge in [0, 0.05) is 29.7 Å². The van der Waals surface area contributed by atoms with E-state index >= 15 is 0 Å². The fraction of sp³-hybridized carbons (Fsp3) is 0.357. The number of carbonyl (C=O) groups excluding carboxylic acids is 1. The molecule has 1 amide bonds. The van der Waals surface area contributed by atoms with Crippen molar-refractivity contribution in [3.05, 3.63) is 35.5 Å². The number of rotatable bonds is 0. The van der Waals surface area contributed by atoms with Gasteiger partial charge in [-0.1, -0.05) is 18.2 Å². The van der Waals surface area contributed by atoms with Crippen LogP contribution in [-0.2, 0) is 17.9 Å². The highest BCUT2D eigenvalue weighted by Gasteiger charge is 2.34. The van der Waals surface area contributed by atoms with Crippen molar-refractivity contribution in [1.29, 1.82) is 0 Å². The number of para-hydroxylation sites is 1. The number of aromatic nitrogens is 1. The van der Waals surface area contributed by atoms with E-state index in [-0.39, 0.29) is 11.9 Å². The Kier molecular flexibility index (Phi) is 1.89. The quantitative estimate of drug-likeness (QED) is 0.754. The van der Waals surface area contributed by atoms with E-state index in [0.29, 0.717) is 6.54 Å². The Bertz CT molecular complexity index is 658. The van der Waals surface area contributed by atoms with Crippen molar-refractivity contribution < 1.29 is 4.79 Å². The van der Waals surface area contributed by atoms with Gasteiger partial charge >= 0.3 is 0 Å². The van der Waals surface area contributed by atoms with Gasteiger partial charge in [0.05, 0.1) is 6.04 Å². The predicted octanol–water partition coefficient (Wildman–Crippen LogP) is 1.26. The fourth-order valence-electron chi connectivity index (χ4n) is 3.36. The van der Waals surface area contributed by atoms with E-state index in [0.717, 1.165) is 13.1 Å². The summed E-state index contributed by atoms with van der Waals surface area (Å²) in [6, 6.07) is 8.54. The molecular formula is C14H15N3O. The summed E-state index contributed by atoms with van der Waals surface area (Å²) in [5, 5.41) is 4.40. The molecule has 0 saturated carbocycles. The summed E-state index contributed by atoms with van der Waals surface area (Å²) < 4.78 is 2.20. The van der Waals surface area contributed by atoms with Crippen LogP contribution in [0.15, 0.2) is 24.3 Å². The summed E-state index contributed by atoms with van der Waals surface area (Å²) in [6.07, 6.45) is 0. The summed E-state index contributed by atoms with van der Waals surface area (Å²) in [4.78, 5) is 14.1. The number of benzene rings is 1. The summed E-state index contributed by atoms with van der Waals surface area (Å²) in [6.45, 7) is 2.32. The Morgan fingerprint density at radius 2 is 2.11 bits per heavy atom. The van der Waals surface area contributed by atoms with Crippen LogP contribution < -0.4 is 5.32 Å². The molecule has 0 radical (unpaired) electrons. The van der Waals surface area contributed by atoms with Crippen molar-refractivity contribution in [2.45, 2.75) is 19.1 Å². The molecule has 1 unspecified atom stereocenters. The van der Waals surface area contributed by atoms with E-state index < -0.39 is 0 Å². The minimum atomic E-state index is 0.120. The number of hydrogen-bond acceptors (Lipinski definition) is 2. The number of nitrogens with one attached hydrogen (secondary N) is 1. The van der Waals surface area contributed by atoms with Gasteiger partial charge in [0.15, 0.2) is 0 Å². The first-order valence-corrected chi connectivity index (χ1v) is 6.32. The summed E-state index contributed by atoms with van der Waals surface area (Å²) in [5.41, 5.74) is 3.89. The van der Waals surface area contributed by atoms with Gasteiger partial charge in [-0.05, 0) is 18.7 Å². The fourth-order valence-corrected chi connectivity index (χ4v) is 3.36. The molecule has 1 N–H and O–H groups in total. The van der Waals surface area contributed by atoms with Crippen molar-refractivity contribution in [2.24, 2.45) is 0 Å². The molecule has 0 saturated heterocycles. The van der Waals surface area contributed by atoms with Gasteiger partial charge in [0.2, 0.25) is 5.91 Å². The minimum absolute atomic E-state index is 0.120. The highest BCUT2D eigenvalue weighted by Crippen LogP contribution is 2.36. The molecule has 18 heavy (non-hydrogen) atoms. The van der Waals surface area contributed by atoms with E-state index in [2.05, 4.69) is 40.0 Å². The largest absolute Gasteiger partial charge is 0.345 e. The van der Waals surface area contributed by atoms with Gasteiger partial charge in [-0.2, -0.15) is 0 Å². The molecule has 4 nitrogen and oxygen atoms in total. The molecule has 0 fully saturated rings. The van der Waals surface area contributed by atoms with Crippen LogP contribution >= 0.6 is 0 Å². The van der Waals surface area contributed by atoms with Crippen LogP contribution in [0.4, 0.5) is 0 Å². The minimum Gasteiger partial charge on any atom is -0.345 e. The van der Waals surface area contributed by atoms with Crippen molar-refractivity contribution in [1.82, 2.24) is 14.8 Å². The Balaban J connectivity index is 2.08. The lowest BCUT2D eigenvalue weighted by Gasteiger charge is -2.35. The van der Waals surface area contributed by atoms with Crippen LogP contribution in [0.2, 0.25) is 0 Å². The van der Waals surface area contributed by atoms with Crippen LogP contribution in [0.5, 0.6) is 0 Å². The SMILES string of the molecule is CN1Cc2c3n(c4ccccc24)CC(=O)NC3C1. The number of nitrogens with zero attached hydrogens (tertiary/aromatic N) is 2. The molecule has 1 aromatic heterocycles. The Morgan fingerprint density at radius 3 is 3.00 bits per heavy atom. The Hall–Kier alpha value is -1.81. The standard InChI is InChI=1S/C14H15N3O/c1-16-6-10-9-4-2-3-5-12(9)17-8-13(18)15-11(7-16)14(10)17/h2-5,11H,6-8H2,1H3,(H,15,18). The summed E-state index contributed by atoms with van der Waals surface area (Å²) >= 11 is 0. The maximum absolute atomic E-state index is 11.8. The third-order valence-electron chi connectivity index (χ3n) is 4.01. The zero-order valence-electron chi connectivity index (χ0n) is 10.3. The normalized spacial score (nSPS) is 22.9. The van der Waals surface area contributed by atoms with Crippen LogP contribution in [0.25, 0.3) is 10.9 Å². The summed E-state index contributed by atoms with van der Waals surface area (Å²) in [5.74, 6) is 0.120. The van der Waals surface area contributed by atoms with Crippen molar-refractivity contribution in [2.75, 3.05) is 13.6 Å². The molecular weight excluding hydrogens is 226 g/mol. The van der Waals surface area contributed by atoms with Crippen molar-refractivity contribution in [3.8, 4) is 0 Å². The van der Waals surface area contributed by atoms with E-state index in [1.54, 1.807) is 0 Å². The van der Waals surface area contributed by atoms with Crippen LogP contribution in [-0.4, -0.2) is 29.0 Å². The maximum Gasteiger partial charge on any atom is 0.240 e. The van der Waals surface area contributed by atoms with Gasteiger partial charge in [0.25, 0.3) is 0 Å². The van der Waals surface area contributed by atoms with Crippen molar-refractivity contribution >= 4 is 16.8 Å². The predicted molar refractivity (Wildman–Crippen MR) is 69.2 cm³/mol. The molecule has 3 heterocycles. The average Bonchev–Trinajstić information content (AvgIpc) is 2.65. The third kappa shape index (κ3) is 1.21. The van der Waals surface area contributed by atoms with E-state index in [1.165, 1.54) is 22.2 Å². The Labute approximate surface area is 105 Å². The number of hydrogen-bond donors (Lipinski definition) is 1. The second-order valence-electron chi connectivity index (χ2n) is 5.28. The van der Waals surface area contributed by atoms with Crippen LogP contribution in [0.1, 0.15) is 17.3 Å². The number of likely N-dealkylation sites (N-methyl/N-ethyl adjacent to an activating group) is 1. The van der Waals surface area contributed by atoms with Crippen LogP contribution in [0, 0.1) is 0 Å². The van der Waals surface area contributed by atoms with E-state index in [4.69, 9.17) is 0 Å². The van der Waals surface area contributed by atoms with Gasteiger partial charge in [0.1, 0.15) is 6.54 Å². The molecule has 2 aliphatic heterocycles. The second kappa shape index (κ2) is 3.36. The zero-order chi connectivity index (χ0) is 12.3. The molecule has 0 aliphatic carbocycles. The molecule has 2 aliphatic rings. The lowest BCUT2D eigenvalue weighted by Crippen LogP contribution is -2.46. The smallest absolute Gasteiger partial charge is 0.240 e. The summed E-state index contributed by atoms with van der Waals surface area (Å²) in [7, 11) is 2.11. The molecule has 0 spiro atoms. The number of carbonyl (C=O) groups is 1. The lowest BCUT2D eigenvalue weighted by atomic mass is 10.00. The molecule has 1 aromatic carbocycles. The number of fused-ring (bicyclic) bond motifs is 3. The first-order valence-electron chi connectivity index (χ1n) is 6.32. The van der Waals surface area contributed by atoms with Crippen molar-refractivity contribution in [3.63, 3.8) is 0 Å². The average molecular weight is 241 g/mol. The third-order valence-corrected chi connectivity index (χ3v) is 4.01. The maximum atomic E-state index is 11.8. The van der Waals surface area contributed by atoms with Gasteiger partial charge in [-0.3, -0.25) is 9.69 Å². The van der Waals surface area contributed by atoms with Gasteiger partial charge < -0.3 is 9.88 Å². The molecule has 4 rings (SSSR count). The van der Waals surface area contributed by atoms with E-state index in [9.17, 15) is 4.79 Å². The molecule has 2 aromatic rings. The highest BCUT2D eigenvalue weighted by atomic mass is 16.2. The highest BCUT2D eigenvalue weighted by molar-refractivity contribution is 5.89. The number of amides is 1.